The molecule has 8 rings (SSSR count). The monoisotopic (exact) mass is 641 g/mol. The highest BCUT2D eigenvalue weighted by Crippen LogP contribution is 2.42. The number of imidazole rings is 1. The lowest BCUT2D eigenvalue weighted by molar-refractivity contribution is -0.633. The van der Waals surface area contributed by atoms with E-state index in [1.807, 2.05) is 12.3 Å². The second-order valence-corrected chi connectivity index (χ2v) is 13.8. The van der Waals surface area contributed by atoms with E-state index in [0.717, 1.165) is 51.0 Å². The molecular formula is C44H41N4O+. The summed E-state index contributed by atoms with van der Waals surface area (Å²) in [6, 6.07) is 26.4. The molecule has 49 heavy (non-hydrogen) atoms. The fourth-order valence-corrected chi connectivity index (χ4v) is 7.45. The molecule has 0 aliphatic heterocycles. The Bertz CT molecular complexity index is 2460. The van der Waals surface area contributed by atoms with Crippen LogP contribution in [0, 0.1) is 6.92 Å². The molecule has 1 aliphatic carbocycles. The number of hydrogen-bond donors (Lipinski definition) is 0. The average Bonchev–Trinajstić information content (AvgIpc) is 3.50. The van der Waals surface area contributed by atoms with E-state index in [2.05, 4.69) is 152 Å². The van der Waals surface area contributed by atoms with Gasteiger partial charge in [0.1, 0.15) is 16.8 Å². The van der Waals surface area contributed by atoms with Crippen molar-refractivity contribution in [1.82, 2.24) is 14.5 Å². The molecular weight excluding hydrogens is 601 g/mol. The number of aryl methyl sites for hydroxylation is 2. The first kappa shape index (κ1) is 30.8. The second-order valence-electron chi connectivity index (χ2n) is 13.8. The van der Waals surface area contributed by atoms with E-state index >= 15 is 0 Å². The van der Waals surface area contributed by atoms with Gasteiger partial charge in [0.05, 0.1) is 18.9 Å². The average molecular weight is 642 g/mol. The molecule has 3 aromatic heterocycles. The molecule has 0 saturated heterocycles. The maximum absolute atomic E-state index is 6.71. The first-order chi connectivity index (χ1) is 23.8. The number of fused-ring (bicyclic) bond motifs is 4. The van der Waals surface area contributed by atoms with Crippen molar-refractivity contribution >= 4 is 44.1 Å². The number of para-hydroxylation sites is 3. The van der Waals surface area contributed by atoms with Gasteiger partial charge in [0.2, 0.25) is 0 Å². The summed E-state index contributed by atoms with van der Waals surface area (Å²) in [5.41, 5.74) is 14.9. The molecule has 3 heterocycles. The van der Waals surface area contributed by atoms with Crippen LogP contribution in [0.25, 0.3) is 61.2 Å². The molecule has 242 valence electrons. The number of allylic oxidation sites excluding steroid dienone is 6. The van der Waals surface area contributed by atoms with E-state index in [1.165, 1.54) is 44.5 Å². The van der Waals surface area contributed by atoms with Crippen LogP contribution in [0.15, 0.2) is 120 Å². The molecule has 1 aliphatic rings. The number of furan rings is 1. The topological polar surface area (TPSA) is 47.7 Å². The summed E-state index contributed by atoms with van der Waals surface area (Å²) in [6.07, 6.45) is 15.1. The lowest BCUT2D eigenvalue weighted by Crippen LogP contribution is -2.30. The van der Waals surface area contributed by atoms with Crippen LogP contribution in [0.2, 0.25) is 0 Å². The zero-order chi connectivity index (χ0) is 33.8. The molecule has 0 N–H and O–H groups in total. The molecule has 0 radical (unpaired) electrons. The Morgan fingerprint density at radius 1 is 0.837 bits per heavy atom. The predicted octanol–water partition coefficient (Wildman–Crippen LogP) is 10.8. The minimum atomic E-state index is 0.274. The lowest BCUT2D eigenvalue weighted by atomic mass is 9.87. The molecule has 5 nitrogen and oxygen atoms in total. The van der Waals surface area contributed by atoms with E-state index in [-0.39, 0.29) is 11.8 Å². The number of benzene rings is 4. The minimum Gasteiger partial charge on any atom is -0.455 e. The van der Waals surface area contributed by atoms with Crippen molar-refractivity contribution in [2.24, 2.45) is 7.05 Å². The summed E-state index contributed by atoms with van der Waals surface area (Å²) in [7, 11) is 2.19. The van der Waals surface area contributed by atoms with E-state index in [0.29, 0.717) is 0 Å². The van der Waals surface area contributed by atoms with Crippen LogP contribution >= 0.6 is 0 Å². The maximum atomic E-state index is 6.71. The largest absolute Gasteiger partial charge is 0.455 e. The third-order valence-corrected chi connectivity index (χ3v) is 9.95. The van der Waals surface area contributed by atoms with Gasteiger partial charge < -0.3 is 4.42 Å². The number of rotatable bonds is 6. The highest BCUT2D eigenvalue weighted by molar-refractivity contribution is 6.10. The Morgan fingerprint density at radius 2 is 1.59 bits per heavy atom. The number of aromatic nitrogens is 4. The van der Waals surface area contributed by atoms with Gasteiger partial charge in [-0.25, -0.2) is 4.57 Å². The maximum Gasteiger partial charge on any atom is 0.299 e. The van der Waals surface area contributed by atoms with Gasteiger partial charge in [0.25, 0.3) is 5.82 Å². The first-order valence-corrected chi connectivity index (χ1v) is 17.2. The molecule has 4 aromatic carbocycles. The molecule has 0 saturated carbocycles. The van der Waals surface area contributed by atoms with Crippen molar-refractivity contribution in [3.05, 3.63) is 144 Å². The van der Waals surface area contributed by atoms with Crippen LogP contribution in [-0.4, -0.2) is 14.5 Å². The fourth-order valence-electron chi connectivity index (χ4n) is 7.45. The zero-order valence-corrected chi connectivity index (χ0v) is 29.0. The smallest absolute Gasteiger partial charge is 0.299 e. The van der Waals surface area contributed by atoms with Gasteiger partial charge in [0.15, 0.2) is 16.6 Å². The number of hydrogen-bond acceptors (Lipinski definition) is 3. The van der Waals surface area contributed by atoms with E-state index in [9.17, 15) is 0 Å². The summed E-state index contributed by atoms with van der Waals surface area (Å²) in [6.45, 7) is 11.5. The lowest BCUT2D eigenvalue weighted by Gasteiger charge is -2.21. The summed E-state index contributed by atoms with van der Waals surface area (Å²) in [4.78, 5) is 8.85. The Balaban J connectivity index is 1.42. The van der Waals surface area contributed by atoms with Crippen LogP contribution < -0.4 is 4.57 Å². The van der Waals surface area contributed by atoms with Crippen molar-refractivity contribution in [1.29, 1.82) is 0 Å². The van der Waals surface area contributed by atoms with Crippen LogP contribution in [0.3, 0.4) is 0 Å². The van der Waals surface area contributed by atoms with E-state index < -0.39 is 0 Å². The molecule has 7 aromatic rings. The molecule has 0 spiro atoms. The summed E-state index contributed by atoms with van der Waals surface area (Å²) in [5.74, 6) is 1.66. The van der Waals surface area contributed by atoms with Crippen molar-refractivity contribution in [2.45, 2.75) is 52.9 Å². The van der Waals surface area contributed by atoms with Crippen LogP contribution in [-0.2, 0) is 7.05 Å². The quantitative estimate of drug-likeness (QED) is 0.170. The van der Waals surface area contributed by atoms with Gasteiger partial charge in [-0.2, -0.15) is 4.57 Å². The van der Waals surface area contributed by atoms with Crippen molar-refractivity contribution in [3.8, 4) is 17.1 Å². The normalized spacial score (nSPS) is 13.6. The van der Waals surface area contributed by atoms with E-state index in [1.54, 1.807) is 12.4 Å². The van der Waals surface area contributed by atoms with Crippen LogP contribution in [0.4, 0.5) is 0 Å². The molecule has 0 bridgehead atoms. The highest BCUT2D eigenvalue weighted by atomic mass is 16.3. The molecule has 0 atom stereocenters. The first-order valence-electron chi connectivity index (χ1n) is 17.2. The Labute approximate surface area is 287 Å². The fraction of sp³-hybridized carbons (Fsp3) is 0.205. The molecule has 0 amide bonds. The second kappa shape index (κ2) is 12.2. The van der Waals surface area contributed by atoms with Crippen molar-refractivity contribution in [2.75, 3.05) is 0 Å². The van der Waals surface area contributed by atoms with Gasteiger partial charge in [0, 0.05) is 34.3 Å². The summed E-state index contributed by atoms with van der Waals surface area (Å²) < 4.78 is 11.6. The molecule has 0 unspecified atom stereocenters. The Morgan fingerprint density at radius 3 is 2.35 bits per heavy atom. The zero-order valence-electron chi connectivity index (χ0n) is 29.0. The van der Waals surface area contributed by atoms with Gasteiger partial charge in [-0.05, 0) is 77.8 Å². The Hall–Kier alpha value is -5.55. The predicted molar refractivity (Wildman–Crippen MR) is 202 cm³/mol. The third kappa shape index (κ3) is 5.12. The van der Waals surface area contributed by atoms with Crippen molar-refractivity contribution in [3.63, 3.8) is 0 Å². The molecule has 5 heteroatoms. The molecule has 0 fully saturated rings. The number of nitrogens with zero attached hydrogens (tertiary/aromatic N) is 4. The minimum absolute atomic E-state index is 0.274. The standard InChI is InChI=1S/C44H41N4O/c1-27(2)35-24-32(30-12-11-13-31(20-19-30)37-26-45-22-23-46-37)25-36(28(3)4)42(35)48-39-16-9-8-15-38(39)47(6)44(48)41-29(5)18-21-34-33-14-7-10-17-40(33)49-43(34)41/h7-12,14-28H,13H2,1-6H3/q+1. The third-order valence-electron chi connectivity index (χ3n) is 9.95. The SMILES string of the molecule is Cc1ccc2c(oc3ccccc32)c1-c1n(-c2c(C(C)C)cc(C3=CC=C(c4cnccn4)CC=C3)cc2C(C)C)c2ccccc2[n+]1C. The van der Waals surface area contributed by atoms with Crippen LogP contribution in [0.5, 0.6) is 0 Å². The van der Waals surface area contributed by atoms with Crippen LogP contribution in [0.1, 0.15) is 73.9 Å². The van der Waals surface area contributed by atoms with Crippen molar-refractivity contribution < 1.29 is 8.98 Å². The summed E-state index contributed by atoms with van der Waals surface area (Å²) >= 11 is 0. The highest BCUT2D eigenvalue weighted by Gasteiger charge is 2.34. The van der Waals surface area contributed by atoms with Gasteiger partial charge in [-0.15, -0.1) is 0 Å². The van der Waals surface area contributed by atoms with Gasteiger partial charge >= 0.3 is 0 Å². The Kier molecular flexibility index (Phi) is 7.63. The van der Waals surface area contributed by atoms with E-state index in [4.69, 9.17) is 4.42 Å². The summed E-state index contributed by atoms with van der Waals surface area (Å²) in [5, 5.41) is 2.28. The van der Waals surface area contributed by atoms with Gasteiger partial charge in [-0.1, -0.05) is 94.5 Å². The van der Waals surface area contributed by atoms with Gasteiger partial charge in [-0.3, -0.25) is 9.97 Å².